The highest BCUT2D eigenvalue weighted by atomic mass is 19.1. The zero-order valence-corrected chi connectivity index (χ0v) is 18.6. The number of pyridine rings is 2. The van der Waals surface area contributed by atoms with Gasteiger partial charge in [0.25, 0.3) is 0 Å². The first-order chi connectivity index (χ1) is 16.7. The summed E-state index contributed by atoms with van der Waals surface area (Å²) >= 11 is 0. The lowest BCUT2D eigenvalue weighted by Gasteiger charge is -2.14. The lowest BCUT2D eigenvalue weighted by molar-refractivity contribution is 0.414. The van der Waals surface area contributed by atoms with Crippen LogP contribution in [0.4, 0.5) is 21.5 Å². The minimum atomic E-state index is -0.274. The lowest BCUT2D eigenvalue weighted by Crippen LogP contribution is -2.00. The fourth-order valence-electron chi connectivity index (χ4n) is 3.79. The van der Waals surface area contributed by atoms with Crippen LogP contribution in [0, 0.1) is 5.82 Å². The summed E-state index contributed by atoms with van der Waals surface area (Å²) in [4.78, 5) is 8.97. The second kappa shape index (κ2) is 9.58. The van der Waals surface area contributed by atoms with E-state index in [1.807, 2.05) is 54.6 Å². The van der Waals surface area contributed by atoms with E-state index in [1.165, 1.54) is 12.1 Å². The molecule has 5 aromatic rings. The van der Waals surface area contributed by atoms with Gasteiger partial charge in [-0.05, 0) is 78.4 Å². The Labute approximate surface area is 197 Å². The van der Waals surface area contributed by atoms with Gasteiger partial charge in [-0.1, -0.05) is 12.1 Å². The molecule has 2 aromatic heterocycles. The summed E-state index contributed by atoms with van der Waals surface area (Å²) in [5.74, 6) is 0.555. The normalized spacial score (nSPS) is 10.8. The van der Waals surface area contributed by atoms with E-state index >= 15 is 0 Å². The van der Waals surface area contributed by atoms with Gasteiger partial charge in [0.1, 0.15) is 11.6 Å². The number of rotatable bonds is 7. The molecule has 0 radical (unpaired) electrons. The van der Waals surface area contributed by atoms with Crippen molar-refractivity contribution in [3.8, 4) is 17.0 Å². The molecule has 5 rings (SSSR count). The lowest BCUT2D eigenvalue weighted by atomic mass is 10.1. The summed E-state index contributed by atoms with van der Waals surface area (Å²) in [5.41, 5.74) is 6.34. The van der Waals surface area contributed by atoms with Crippen LogP contribution in [-0.2, 0) is 6.54 Å². The van der Waals surface area contributed by atoms with Crippen LogP contribution in [0.15, 0.2) is 97.3 Å². The number of anilines is 3. The molecule has 0 aliphatic heterocycles. The topological polar surface area (TPSA) is 59.1 Å². The summed E-state index contributed by atoms with van der Waals surface area (Å²) in [6.45, 7) is 0.655. The highest BCUT2D eigenvalue weighted by Crippen LogP contribution is 2.32. The number of nitrogens with one attached hydrogen (secondary N) is 2. The van der Waals surface area contributed by atoms with Crippen molar-refractivity contribution >= 4 is 28.0 Å². The van der Waals surface area contributed by atoms with Gasteiger partial charge in [0.05, 0.1) is 24.0 Å². The van der Waals surface area contributed by atoms with Crippen molar-refractivity contribution in [2.24, 2.45) is 0 Å². The summed E-state index contributed by atoms with van der Waals surface area (Å²) in [6, 6.07) is 26.3. The Kier molecular flexibility index (Phi) is 6.03. The molecule has 0 atom stereocenters. The van der Waals surface area contributed by atoms with Crippen LogP contribution in [0.1, 0.15) is 5.56 Å². The molecular weight excluding hydrogens is 427 g/mol. The number of hydrogen-bond acceptors (Lipinski definition) is 5. The minimum absolute atomic E-state index is 0.274. The molecule has 0 unspecified atom stereocenters. The van der Waals surface area contributed by atoms with Crippen molar-refractivity contribution in [2.45, 2.75) is 6.54 Å². The third-order valence-electron chi connectivity index (χ3n) is 5.54. The van der Waals surface area contributed by atoms with Gasteiger partial charge in [0.2, 0.25) is 0 Å². The van der Waals surface area contributed by atoms with Gasteiger partial charge in [-0.15, -0.1) is 0 Å². The quantitative estimate of drug-likeness (QED) is 0.286. The second-order valence-electron chi connectivity index (χ2n) is 7.86. The molecule has 2 N–H and O–H groups in total. The van der Waals surface area contributed by atoms with Crippen molar-refractivity contribution in [3.05, 3.63) is 109 Å². The molecule has 6 heteroatoms. The summed E-state index contributed by atoms with van der Waals surface area (Å²) in [7, 11) is 1.66. The molecule has 168 valence electrons. The van der Waals surface area contributed by atoms with Crippen molar-refractivity contribution in [2.75, 3.05) is 17.7 Å². The molecule has 5 nitrogen and oxygen atoms in total. The number of hydrogen-bond donors (Lipinski definition) is 2. The Morgan fingerprint density at radius 1 is 0.853 bits per heavy atom. The predicted octanol–water partition coefficient (Wildman–Crippen LogP) is 6.80. The minimum Gasteiger partial charge on any atom is -0.497 e. The average Bonchev–Trinajstić information content (AvgIpc) is 2.88. The zero-order chi connectivity index (χ0) is 23.3. The molecule has 0 saturated heterocycles. The fourth-order valence-corrected chi connectivity index (χ4v) is 3.79. The second-order valence-corrected chi connectivity index (χ2v) is 7.86. The van der Waals surface area contributed by atoms with Crippen molar-refractivity contribution < 1.29 is 9.13 Å². The van der Waals surface area contributed by atoms with Crippen molar-refractivity contribution in [1.82, 2.24) is 9.97 Å². The van der Waals surface area contributed by atoms with Crippen molar-refractivity contribution in [1.29, 1.82) is 0 Å². The molecule has 0 amide bonds. The van der Waals surface area contributed by atoms with E-state index in [2.05, 4.69) is 21.7 Å². The molecule has 34 heavy (non-hydrogen) atoms. The molecule has 3 aromatic carbocycles. The van der Waals surface area contributed by atoms with Gasteiger partial charge >= 0.3 is 0 Å². The standard InChI is InChI=1S/C28H23FN4O/c1-34-24-4-2-3-19(15-24)18-31-23-9-10-25-27(16-23)33-26(20-5-7-21(29)8-6-20)17-28(25)32-22-11-13-30-14-12-22/h2-17,31H,18H2,1H3,(H,30,32,33). The first kappa shape index (κ1) is 21.4. The van der Waals surface area contributed by atoms with E-state index in [0.29, 0.717) is 6.54 Å². The number of ether oxygens (including phenoxy) is 1. The van der Waals surface area contributed by atoms with E-state index in [-0.39, 0.29) is 5.82 Å². The van der Waals surface area contributed by atoms with Crippen LogP contribution in [0.25, 0.3) is 22.2 Å². The van der Waals surface area contributed by atoms with Crippen molar-refractivity contribution in [3.63, 3.8) is 0 Å². The van der Waals surface area contributed by atoms with E-state index in [0.717, 1.165) is 50.5 Å². The van der Waals surface area contributed by atoms with Gasteiger partial charge < -0.3 is 15.4 Å². The van der Waals surface area contributed by atoms with Crippen LogP contribution in [0.2, 0.25) is 0 Å². The summed E-state index contributed by atoms with van der Waals surface area (Å²) in [6.07, 6.45) is 3.49. The van der Waals surface area contributed by atoms with Crippen LogP contribution in [-0.4, -0.2) is 17.1 Å². The van der Waals surface area contributed by atoms with Gasteiger partial charge in [-0.2, -0.15) is 0 Å². The number of halogens is 1. The third-order valence-corrected chi connectivity index (χ3v) is 5.54. The SMILES string of the molecule is COc1cccc(CNc2ccc3c(Nc4ccncc4)cc(-c4ccc(F)cc4)nc3c2)c1. The van der Waals surface area contributed by atoms with Gasteiger partial charge in [0.15, 0.2) is 0 Å². The molecule has 0 spiro atoms. The van der Waals surface area contributed by atoms with Gasteiger partial charge in [-0.25, -0.2) is 9.37 Å². The maximum Gasteiger partial charge on any atom is 0.123 e. The van der Waals surface area contributed by atoms with E-state index in [4.69, 9.17) is 9.72 Å². The molecule has 0 aliphatic carbocycles. The first-order valence-corrected chi connectivity index (χ1v) is 10.9. The molecule has 0 aliphatic rings. The maximum absolute atomic E-state index is 13.5. The Hall–Kier alpha value is -4.45. The molecule has 0 fully saturated rings. The molecule has 2 heterocycles. The van der Waals surface area contributed by atoms with E-state index < -0.39 is 0 Å². The average molecular weight is 451 g/mol. The highest BCUT2D eigenvalue weighted by Gasteiger charge is 2.10. The Morgan fingerprint density at radius 3 is 2.47 bits per heavy atom. The van der Waals surface area contributed by atoms with E-state index in [1.54, 1.807) is 31.6 Å². The Bertz CT molecular complexity index is 1420. The monoisotopic (exact) mass is 450 g/mol. The highest BCUT2D eigenvalue weighted by molar-refractivity contribution is 5.97. The molecule has 0 saturated carbocycles. The number of benzene rings is 3. The first-order valence-electron chi connectivity index (χ1n) is 10.9. The molecular formula is C28H23FN4O. The Morgan fingerprint density at radius 2 is 1.68 bits per heavy atom. The fraction of sp³-hybridized carbons (Fsp3) is 0.0714. The van der Waals surface area contributed by atoms with Gasteiger partial charge in [0, 0.05) is 41.3 Å². The van der Waals surface area contributed by atoms with Crippen LogP contribution >= 0.6 is 0 Å². The zero-order valence-electron chi connectivity index (χ0n) is 18.6. The predicted molar refractivity (Wildman–Crippen MR) is 135 cm³/mol. The largest absolute Gasteiger partial charge is 0.497 e. The number of methoxy groups -OCH3 is 1. The third kappa shape index (κ3) is 4.81. The van der Waals surface area contributed by atoms with Crippen LogP contribution < -0.4 is 15.4 Å². The molecule has 0 bridgehead atoms. The maximum atomic E-state index is 13.5. The number of aromatic nitrogens is 2. The van der Waals surface area contributed by atoms with Gasteiger partial charge in [-0.3, -0.25) is 4.98 Å². The Balaban J connectivity index is 1.51. The smallest absolute Gasteiger partial charge is 0.123 e. The number of fused-ring (bicyclic) bond motifs is 1. The van der Waals surface area contributed by atoms with Crippen LogP contribution in [0.5, 0.6) is 5.75 Å². The van der Waals surface area contributed by atoms with E-state index in [9.17, 15) is 4.39 Å². The summed E-state index contributed by atoms with van der Waals surface area (Å²) in [5, 5.41) is 7.92. The van der Waals surface area contributed by atoms with Crippen LogP contribution in [0.3, 0.4) is 0 Å². The summed E-state index contributed by atoms with van der Waals surface area (Å²) < 4.78 is 18.8. The number of nitrogens with zero attached hydrogens (tertiary/aromatic N) is 2.